The van der Waals surface area contributed by atoms with Crippen LogP contribution in [0.25, 0.3) is 0 Å². The summed E-state index contributed by atoms with van der Waals surface area (Å²) in [5.41, 5.74) is -0.559. The smallest absolute Gasteiger partial charge is 0.237 e. The number of ketones is 1. The van der Waals surface area contributed by atoms with Gasteiger partial charge in [-0.05, 0) is 26.7 Å². The van der Waals surface area contributed by atoms with Crippen LogP contribution >= 0.6 is 0 Å². The summed E-state index contributed by atoms with van der Waals surface area (Å²) in [6.45, 7) is 7.34. The molecule has 0 fully saturated rings. The molecule has 17 heavy (non-hydrogen) atoms. The number of rotatable bonds is 6. The molecule has 2 atom stereocenters. The molecule has 0 radical (unpaired) electrons. The Labute approximate surface area is 102 Å². The Kier molecular flexibility index (Phi) is 4.40. The Morgan fingerprint density at radius 1 is 1.53 bits per heavy atom. The number of carbonyl (C=O) groups excluding carboxylic acids is 1. The molecule has 0 aromatic carbocycles. The van der Waals surface area contributed by atoms with Crippen molar-refractivity contribution in [3.8, 4) is 0 Å². The first-order valence-electron chi connectivity index (χ1n) is 5.88. The van der Waals surface area contributed by atoms with Gasteiger partial charge in [-0.15, -0.1) is 0 Å². The van der Waals surface area contributed by atoms with Gasteiger partial charge < -0.3 is 9.26 Å². The fourth-order valence-electron chi connectivity index (χ4n) is 1.62. The lowest BCUT2D eigenvalue weighted by molar-refractivity contribution is -0.119. The Morgan fingerprint density at radius 3 is 2.59 bits per heavy atom. The third-order valence-corrected chi connectivity index (χ3v) is 3.24. The van der Waals surface area contributed by atoms with Crippen LogP contribution in [0.1, 0.15) is 58.2 Å². The molecule has 0 aliphatic heterocycles. The van der Waals surface area contributed by atoms with E-state index >= 15 is 0 Å². The number of methoxy groups -OCH3 is 1. The highest BCUT2D eigenvalue weighted by Crippen LogP contribution is 2.27. The SMILES string of the molecule is CCC(C(C)=O)c1nc(C(C)(CC)OC)no1. The van der Waals surface area contributed by atoms with E-state index in [0.717, 1.165) is 6.42 Å². The van der Waals surface area contributed by atoms with Crippen LogP contribution in [0.3, 0.4) is 0 Å². The van der Waals surface area contributed by atoms with Crippen molar-refractivity contribution in [3.63, 3.8) is 0 Å². The Morgan fingerprint density at radius 2 is 2.18 bits per heavy atom. The van der Waals surface area contributed by atoms with Crippen LogP contribution in [-0.2, 0) is 15.1 Å². The monoisotopic (exact) mass is 240 g/mol. The van der Waals surface area contributed by atoms with Crippen molar-refractivity contribution in [2.45, 2.75) is 52.1 Å². The quantitative estimate of drug-likeness (QED) is 0.764. The molecule has 0 amide bonds. The first-order chi connectivity index (χ1) is 7.98. The van der Waals surface area contributed by atoms with E-state index in [-0.39, 0.29) is 11.7 Å². The highest BCUT2D eigenvalue weighted by Gasteiger charge is 2.32. The molecule has 5 nitrogen and oxygen atoms in total. The van der Waals surface area contributed by atoms with Gasteiger partial charge in [0.25, 0.3) is 0 Å². The van der Waals surface area contributed by atoms with Crippen LogP contribution in [0.2, 0.25) is 0 Å². The van der Waals surface area contributed by atoms with Crippen LogP contribution in [0.15, 0.2) is 4.52 Å². The highest BCUT2D eigenvalue weighted by molar-refractivity contribution is 5.82. The standard InChI is InChI=1S/C12H20N2O3/c1-6-9(8(3)15)10-13-11(14-17-10)12(4,7-2)16-5/h9H,6-7H2,1-5H3. The maximum Gasteiger partial charge on any atom is 0.237 e. The average Bonchev–Trinajstić information content (AvgIpc) is 2.78. The van der Waals surface area contributed by atoms with Crippen molar-refractivity contribution >= 4 is 5.78 Å². The maximum absolute atomic E-state index is 11.4. The molecule has 0 saturated carbocycles. The molecule has 5 heteroatoms. The summed E-state index contributed by atoms with van der Waals surface area (Å²) in [5, 5.41) is 3.92. The van der Waals surface area contributed by atoms with E-state index in [4.69, 9.17) is 9.26 Å². The third kappa shape index (κ3) is 2.72. The maximum atomic E-state index is 11.4. The van der Waals surface area contributed by atoms with E-state index in [1.54, 1.807) is 7.11 Å². The first kappa shape index (κ1) is 13.8. The van der Waals surface area contributed by atoms with Crippen LogP contribution in [-0.4, -0.2) is 23.0 Å². The van der Waals surface area contributed by atoms with Crippen molar-refractivity contribution in [2.24, 2.45) is 0 Å². The lowest BCUT2D eigenvalue weighted by Crippen LogP contribution is -2.25. The molecule has 1 heterocycles. The van der Waals surface area contributed by atoms with Gasteiger partial charge in [0.1, 0.15) is 11.4 Å². The summed E-state index contributed by atoms with van der Waals surface area (Å²) in [5.74, 6) is 0.608. The normalized spacial score (nSPS) is 16.5. The second-order valence-electron chi connectivity index (χ2n) is 4.32. The van der Waals surface area contributed by atoms with Gasteiger partial charge in [-0.3, -0.25) is 4.79 Å². The molecule has 0 aliphatic rings. The second-order valence-corrected chi connectivity index (χ2v) is 4.32. The summed E-state index contributed by atoms with van der Waals surface area (Å²) in [4.78, 5) is 15.7. The topological polar surface area (TPSA) is 65.2 Å². The molecule has 1 aromatic rings. The van der Waals surface area contributed by atoms with E-state index in [9.17, 15) is 4.79 Å². The van der Waals surface area contributed by atoms with Gasteiger partial charge in [0.2, 0.25) is 11.7 Å². The number of nitrogens with zero attached hydrogens (tertiary/aromatic N) is 2. The predicted molar refractivity (Wildman–Crippen MR) is 62.7 cm³/mol. The minimum Gasteiger partial charge on any atom is -0.370 e. The second kappa shape index (κ2) is 5.40. The van der Waals surface area contributed by atoms with Crippen LogP contribution in [0.5, 0.6) is 0 Å². The highest BCUT2D eigenvalue weighted by atomic mass is 16.5. The fraction of sp³-hybridized carbons (Fsp3) is 0.750. The van der Waals surface area contributed by atoms with Crippen LogP contribution in [0.4, 0.5) is 0 Å². The van der Waals surface area contributed by atoms with Crippen molar-refractivity contribution in [3.05, 3.63) is 11.7 Å². The number of ether oxygens (including phenoxy) is 1. The lowest BCUT2D eigenvalue weighted by Gasteiger charge is -2.21. The zero-order valence-corrected chi connectivity index (χ0v) is 11.1. The molecule has 2 unspecified atom stereocenters. The molecule has 1 rings (SSSR count). The molecule has 0 bridgehead atoms. The molecule has 1 aromatic heterocycles. The number of hydrogen-bond acceptors (Lipinski definition) is 5. The summed E-state index contributed by atoms with van der Waals surface area (Å²) >= 11 is 0. The van der Waals surface area contributed by atoms with Crippen molar-refractivity contribution in [1.82, 2.24) is 10.1 Å². The predicted octanol–water partition coefficient (Wildman–Crippen LogP) is 2.42. The van der Waals surface area contributed by atoms with E-state index in [1.165, 1.54) is 6.92 Å². The average molecular weight is 240 g/mol. The molecule has 0 aliphatic carbocycles. The molecule has 0 saturated heterocycles. The van der Waals surface area contributed by atoms with Gasteiger partial charge >= 0.3 is 0 Å². The van der Waals surface area contributed by atoms with Crippen LogP contribution in [0, 0.1) is 0 Å². The number of hydrogen-bond donors (Lipinski definition) is 0. The number of Topliss-reactive ketones (excluding diaryl/α,β-unsaturated/α-hetero) is 1. The van der Waals surface area contributed by atoms with Gasteiger partial charge in [-0.1, -0.05) is 19.0 Å². The van der Waals surface area contributed by atoms with Gasteiger partial charge in [0.15, 0.2) is 0 Å². The van der Waals surface area contributed by atoms with E-state index in [2.05, 4.69) is 10.1 Å². The van der Waals surface area contributed by atoms with Gasteiger partial charge in [0.05, 0.1) is 5.92 Å². The van der Waals surface area contributed by atoms with Crippen molar-refractivity contribution in [1.29, 1.82) is 0 Å². The number of carbonyl (C=O) groups is 1. The molecule has 0 N–H and O–H groups in total. The molecular weight excluding hydrogens is 220 g/mol. The van der Waals surface area contributed by atoms with E-state index < -0.39 is 5.60 Å². The largest absolute Gasteiger partial charge is 0.370 e. The van der Waals surface area contributed by atoms with E-state index in [1.807, 2.05) is 20.8 Å². The van der Waals surface area contributed by atoms with Gasteiger partial charge in [-0.2, -0.15) is 4.98 Å². The minimum atomic E-state index is -0.559. The minimum absolute atomic E-state index is 0.0401. The first-order valence-corrected chi connectivity index (χ1v) is 5.88. The van der Waals surface area contributed by atoms with Gasteiger partial charge in [0, 0.05) is 7.11 Å². The van der Waals surface area contributed by atoms with Crippen molar-refractivity contribution < 1.29 is 14.1 Å². The third-order valence-electron chi connectivity index (χ3n) is 3.24. The molecular formula is C12H20N2O3. The van der Waals surface area contributed by atoms with Crippen LogP contribution < -0.4 is 0 Å². The summed E-state index contributed by atoms with van der Waals surface area (Å²) < 4.78 is 10.6. The molecule has 96 valence electrons. The Hall–Kier alpha value is -1.23. The summed E-state index contributed by atoms with van der Waals surface area (Å²) in [6.07, 6.45) is 1.39. The molecule has 0 spiro atoms. The zero-order chi connectivity index (χ0) is 13.1. The Balaban J connectivity index is 3.02. The van der Waals surface area contributed by atoms with Crippen molar-refractivity contribution in [2.75, 3.05) is 7.11 Å². The lowest BCUT2D eigenvalue weighted by atomic mass is 10.0. The zero-order valence-electron chi connectivity index (χ0n) is 11.1. The van der Waals surface area contributed by atoms with E-state index in [0.29, 0.717) is 18.1 Å². The van der Waals surface area contributed by atoms with Gasteiger partial charge in [-0.25, -0.2) is 0 Å². The summed E-state index contributed by atoms with van der Waals surface area (Å²) in [7, 11) is 1.61. The summed E-state index contributed by atoms with van der Waals surface area (Å²) in [6, 6.07) is 0. The number of aromatic nitrogens is 2. The Bertz CT molecular complexity index is 383. The fourth-order valence-corrected chi connectivity index (χ4v) is 1.62.